The SMILES string of the molecule is CC(C)CC(OC[SiH2]c1ccco1)C1CCCCC1. The first-order chi connectivity index (χ1) is 9.25. The van der Waals surface area contributed by atoms with Gasteiger partial charge in [-0.15, -0.1) is 0 Å². The molecule has 19 heavy (non-hydrogen) atoms. The third kappa shape index (κ3) is 5.15. The van der Waals surface area contributed by atoms with Gasteiger partial charge in [-0.2, -0.15) is 0 Å². The molecule has 0 bridgehead atoms. The van der Waals surface area contributed by atoms with E-state index in [1.165, 1.54) is 43.9 Å². The van der Waals surface area contributed by atoms with E-state index in [2.05, 4.69) is 19.9 Å². The minimum absolute atomic E-state index is 0.370. The van der Waals surface area contributed by atoms with Gasteiger partial charge in [-0.25, -0.2) is 0 Å². The largest absolute Gasteiger partial charge is 0.475 e. The second kappa shape index (κ2) is 7.90. The van der Waals surface area contributed by atoms with Crippen LogP contribution < -0.4 is 5.38 Å². The molecule has 0 aromatic carbocycles. The van der Waals surface area contributed by atoms with Crippen molar-refractivity contribution in [1.82, 2.24) is 0 Å². The van der Waals surface area contributed by atoms with Crippen LogP contribution in [0, 0.1) is 11.8 Å². The van der Waals surface area contributed by atoms with E-state index in [-0.39, 0.29) is 9.52 Å². The summed E-state index contributed by atoms with van der Waals surface area (Å²) in [7, 11) is -0.370. The second-order valence-electron chi connectivity index (χ2n) is 6.27. The molecule has 1 atom stereocenters. The molecule has 1 aromatic rings. The molecule has 0 saturated heterocycles. The van der Waals surface area contributed by atoms with E-state index in [1.807, 2.05) is 6.07 Å². The zero-order valence-corrected chi connectivity index (χ0v) is 13.9. The van der Waals surface area contributed by atoms with E-state index in [9.17, 15) is 0 Å². The summed E-state index contributed by atoms with van der Waals surface area (Å²) in [6.07, 6.45) is 11.4. The van der Waals surface area contributed by atoms with Crippen LogP contribution in [-0.4, -0.2) is 21.9 Å². The van der Waals surface area contributed by atoms with Crippen LogP contribution in [0.2, 0.25) is 0 Å². The lowest BCUT2D eigenvalue weighted by atomic mass is 9.82. The van der Waals surface area contributed by atoms with E-state index in [4.69, 9.17) is 9.15 Å². The summed E-state index contributed by atoms with van der Waals surface area (Å²) >= 11 is 0. The second-order valence-corrected chi connectivity index (χ2v) is 7.87. The number of furan rings is 1. The average molecular weight is 280 g/mol. The number of hydrogen-bond acceptors (Lipinski definition) is 2. The molecule has 1 aromatic heterocycles. The number of ether oxygens (including phenoxy) is 1. The maximum atomic E-state index is 6.27. The standard InChI is InChI=1S/C16H28O2Si/c1-13(2)11-15(14-7-4-3-5-8-14)18-12-19-16-9-6-10-17-16/h6,9-10,13-15H,3-5,7-8,11-12,19H2,1-2H3. The number of hydrogen-bond donors (Lipinski definition) is 0. The lowest BCUT2D eigenvalue weighted by Gasteiger charge is -2.31. The molecule has 1 heterocycles. The molecule has 0 amide bonds. The zero-order valence-electron chi connectivity index (χ0n) is 12.4. The summed E-state index contributed by atoms with van der Waals surface area (Å²) in [6, 6.07) is 4.07. The molecular weight excluding hydrogens is 252 g/mol. The van der Waals surface area contributed by atoms with Crippen LogP contribution in [0.3, 0.4) is 0 Å². The molecule has 2 nitrogen and oxygen atoms in total. The van der Waals surface area contributed by atoms with Crippen LogP contribution in [0.25, 0.3) is 0 Å². The van der Waals surface area contributed by atoms with Crippen LogP contribution in [0.1, 0.15) is 52.4 Å². The Morgan fingerprint density at radius 1 is 1.32 bits per heavy atom. The third-order valence-corrected chi connectivity index (χ3v) is 5.47. The topological polar surface area (TPSA) is 22.4 Å². The summed E-state index contributed by atoms with van der Waals surface area (Å²) in [6.45, 7) is 4.62. The minimum atomic E-state index is -0.370. The quantitative estimate of drug-likeness (QED) is 0.716. The molecule has 1 fully saturated rings. The van der Waals surface area contributed by atoms with Crippen molar-refractivity contribution in [2.24, 2.45) is 11.8 Å². The summed E-state index contributed by atoms with van der Waals surface area (Å²) in [4.78, 5) is 0. The van der Waals surface area contributed by atoms with Crippen LogP contribution >= 0.6 is 0 Å². The molecule has 3 heteroatoms. The van der Waals surface area contributed by atoms with Crippen LogP contribution in [-0.2, 0) is 4.74 Å². The molecule has 0 aliphatic heterocycles. The fourth-order valence-electron chi connectivity index (χ4n) is 3.13. The molecule has 1 aliphatic rings. The minimum Gasteiger partial charge on any atom is -0.475 e. The maximum absolute atomic E-state index is 6.27. The van der Waals surface area contributed by atoms with E-state index in [0.717, 1.165) is 18.1 Å². The van der Waals surface area contributed by atoms with Gasteiger partial charge >= 0.3 is 0 Å². The van der Waals surface area contributed by atoms with E-state index < -0.39 is 0 Å². The first-order valence-corrected chi connectivity index (χ1v) is 9.60. The molecule has 1 unspecified atom stereocenters. The van der Waals surface area contributed by atoms with Crippen molar-refractivity contribution in [1.29, 1.82) is 0 Å². The molecule has 108 valence electrons. The lowest BCUT2D eigenvalue weighted by molar-refractivity contribution is 0.0104. The summed E-state index contributed by atoms with van der Waals surface area (Å²) in [5.74, 6) is 1.54. The summed E-state index contributed by atoms with van der Waals surface area (Å²) < 4.78 is 11.7. The predicted molar refractivity (Wildman–Crippen MR) is 82.7 cm³/mol. The van der Waals surface area contributed by atoms with Crippen molar-refractivity contribution in [2.75, 3.05) is 6.23 Å². The molecule has 1 saturated carbocycles. The molecule has 0 spiro atoms. The first kappa shape index (κ1) is 14.9. The van der Waals surface area contributed by atoms with Gasteiger partial charge in [0.25, 0.3) is 0 Å². The average Bonchev–Trinajstić information content (AvgIpc) is 2.91. The lowest BCUT2D eigenvalue weighted by Crippen LogP contribution is -2.31. The molecule has 2 rings (SSSR count). The van der Waals surface area contributed by atoms with Crippen molar-refractivity contribution >= 4 is 14.9 Å². The van der Waals surface area contributed by atoms with Gasteiger partial charge in [0.1, 0.15) is 9.52 Å². The van der Waals surface area contributed by atoms with Crippen LogP contribution in [0.15, 0.2) is 22.8 Å². The van der Waals surface area contributed by atoms with Gasteiger partial charge in [0.15, 0.2) is 0 Å². The molecule has 0 radical (unpaired) electrons. The van der Waals surface area contributed by atoms with Gasteiger partial charge in [-0.3, -0.25) is 0 Å². The fraction of sp³-hybridized carbons (Fsp3) is 0.750. The Bertz CT molecular complexity index is 329. The smallest absolute Gasteiger partial charge is 0.129 e. The van der Waals surface area contributed by atoms with E-state index >= 15 is 0 Å². The van der Waals surface area contributed by atoms with E-state index in [0.29, 0.717) is 6.10 Å². The Morgan fingerprint density at radius 2 is 2.11 bits per heavy atom. The highest BCUT2D eigenvalue weighted by Crippen LogP contribution is 2.30. The van der Waals surface area contributed by atoms with Gasteiger partial charge < -0.3 is 9.15 Å². The van der Waals surface area contributed by atoms with Gasteiger partial charge in [0.2, 0.25) is 0 Å². The normalized spacial score (nSPS) is 19.5. The van der Waals surface area contributed by atoms with Gasteiger partial charge in [0.05, 0.1) is 17.8 Å². The first-order valence-electron chi connectivity index (χ1n) is 7.89. The molecular formula is C16H28O2Si. The monoisotopic (exact) mass is 280 g/mol. The zero-order chi connectivity index (χ0) is 13.5. The van der Waals surface area contributed by atoms with Gasteiger partial charge in [-0.05, 0) is 43.2 Å². The van der Waals surface area contributed by atoms with Crippen molar-refractivity contribution in [3.05, 3.63) is 18.4 Å². The van der Waals surface area contributed by atoms with Gasteiger partial charge in [-0.1, -0.05) is 33.1 Å². The van der Waals surface area contributed by atoms with Crippen molar-refractivity contribution in [2.45, 2.75) is 58.5 Å². The summed E-state index contributed by atoms with van der Waals surface area (Å²) in [5.41, 5.74) is 0. The Kier molecular flexibility index (Phi) is 6.18. The molecule has 1 aliphatic carbocycles. The Morgan fingerprint density at radius 3 is 2.74 bits per heavy atom. The molecule has 0 N–H and O–H groups in total. The third-order valence-electron chi connectivity index (χ3n) is 4.14. The Labute approximate surface area is 119 Å². The predicted octanol–water partition coefficient (Wildman–Crippen LogP) is 3.04. The highest BCUT2D eigenvalue weighted by atomic mass is 28.2. The fourth-order valence-corrected chi connectivity index (χ4v) is 4.27. The van der Waals surface area contributed by atoms with Crippen molar-refractivity contribution in [3.8, 4) is 0 Å². The maximum Gasteiger partial charge on any atom is 0.129 e. The van der Waals surface area contributed by atoms with E-state index in [1.54, 1.807) is 6.26 Å². The highest BCUT2D eigenvalue weighted by molar-refractivity contribution is 6.51. The number of rotatable bonds is 7. The highest BCUT2D eigenvalue weighted by Gasteiger charge is 2.25. The Balaban J connectivity index is 1.79. The van der Waals surface area contributed by atoms with Crippen molar-refractivity contribution < 1.29 is 9.15 Å². The van der Waals surface area contributed by atoms with Crippen LogP contribution in [0.5, 0.6) is 0 Å². The summed E-state index contributed by atoms with van der Waals surface area (Å²) in [5, 5.41) is 1.17. The van der Waals surface area contributed by atoms with Gasteiger partial charge in [0, 0.05) is 6.23 Å². The Hall–Kier alpha value is -0.543. The van der Waals surface area contributed by atoms with Crippen LogP contribution in [0.4, 0.5) is 0 Å². The van der Waals surface area contributed by atoms with Crippen molar-refractivity contribution in [3.63, 3.8) is 0 Å².